The molecule has 2 rings (SSSR count). The molecule has 0 aliphatic heterocycles. The minimum absolute atomic E-state index is 0. The van der Waals surface area contributed by atoms with Crippen molar-refractivity contribution in [3.05, 3.63) is 64.9 Å². The molecule has 248 valence electrons. The van der Waals surface area contributed by atoms with Crippen LogP contribution in [0.2, 0.25) is 0 Å². The summed E-state index contributed by atoms with van der Waals surface area (Å²) >= 11 is 3.82. The number of unbranched alkanes of at least 4 members (excludes halogenated alkanes) is 1. The van der Waals surface area contributed by atoms with Crippen molar-refractivity contribution in [2.45, 2.75) is 152 Å². The van der Waals surface area contributed by atoms with Gasteiger partial charge in [-0.15, -0.1) is 23.5 Å². The molecule has 0 saturated carbocycles. The molecule has 0 amide bonds. The first kappa shape index (κ1) is 42.7. The smallest absolute Gasteiger partial charge is 0.778 e. The Kier molecular flexibility index (Phi) is 14.7. The van der Waals surface area contributed by atoms with Gasteiger partial charge in [-0.1, -0.05) is 111 Å². The minimum Gasteiger partial charge on any atom is -0.778 e. The summed E-state index contributed by atoms with van der Waals surface area (Å²) in [6.45, 7) is 35.9. The van der Waals surface area contributed by atoms with Crippen molar-refractivity contribution < 1.29 is 43.1 Å². The maximum absolute atomic E-state index is 11.5. The first-order chi connectivity index (χ1) is 19.6. The van der Waals surface area contributed by atoms with E-state index >= 15 is 0 Å². The van der Waals surface area contributed by atoms with Crippen molar-refractivity contribution in [3.63, 3.8) is 0 Å². The molecule has 1 unspecified atom stereocenters. The van der Waals surface area contributed by atoms with E-state index in [1.807, 2.05) is 23.5 Å². The van der Waals surface area contributed by atoms with Gasteiger partial charge >= 0.3 is 29.6 Å². The first-order valence-corrected chi connectivity index (χ1v) is 19.2. The summed E-state index contributed by atoms with van der Waals surface area (Å²) in [5, 5.41) is 0. The summed E-state index contributed by atoms with van der Waals surface area (Å²) < 4.78 is 29.3. The Morgan fingerprint density at radius 3 is 1.47 bits per heavy atom. The van der Waals surface area contributed by atoms with Crippen LogP contribution in [0.3, 0.4) is 0 Å². The largest absolute Gasteiger partial charge is 1.00 e. The van der Waals surface area contributed by atoms with Crippen LogP contribution >= 0.6 is 23.5 Å². The van der Waals surface area contributed by atoms with E-state index in [0.29, 0.717) is 25.0 Å². The van der Waals surface area contributed by atoms with E-state index in [4.69, 9.17) is 4.74 Å². The second-order valence-corrected chi connectivity index (χ2v) is 22.3. The number of ether oxygens (including phenoxy) is 1. The maximum Gasteiger partial charge on any atom is 1.00 e. The maximum atomic E-state index is 11.5. The third-order valence-electron chi connectivity index (χ3n) is 7.45. The Bertz CT molecular complexity index is 1360. The van der Waals surface area contributed by atoms with E-state index in [9.17, 15) is 8.76 Å². The van der Waals surface area contributed by atoms with Crippen LogP contribution < -0.4 is 34.3 Å². The molecule has 0 heterocycles. The molecule has 0 spiro atoms. The molecule has 7 heteroatoms. The number of thioether (sulfide) groups is 2. The zero-order valence-electron chi connectivity index (χ0n) is 31.1. The molecule has 0 bridgehead atoms. The second-order valence-electron chi connectivity index (χ2n) is 16.7. The van der Waals surface area contributed by atoms with E-state index in [0.717, 1.165) is 16.9 Å². The quantitative estimate of drug-likeness (QED) is 0.0595. The summed E-state index contributed by atoms with van der Waals surface area (Å²) in [7, 11) is -3.22. The van der Waals surface area contributed by atoms with Crippen molar-refractivity contribution in [3.8, 4) is 5.75 Å². The molecule has 2 aromatic carbocycles. The average molecular weight is 683 g/mol. The topological polar surface area (TPSA) is 49.4 Å². The summed E-state index contributed by atoms with van der Waals surface area (Å²) in [5.74, 6) is 4.85. The fourth-order valence-electron chi connectivity index (χ4n) is 4.84. The van der Waals surface area contributed by atoms with Crippen LogP contribution in [-0.4, -0.2) is 24.5 Å². The second kappa shape index (κ2) is 15.5. The normalized spacial score (nSPS) is 14.5. The Morgan fingerprint density at radius 1 is 0.711 bits per heavy atom. The van der Waals surface area contributed by atoms with Crippen molar-refractivity contribution in [2.75, 3.05) is 5.75 Å². The number of benzene rings is 2. The van der Waals surface area contributed by atoms with Gasteiger partial charge in [0.1, 0.15) is 5.75 Å². The zero-order chi connectivity index (χ0) is 34.1. The summed E-state index contributed by atoms with van der Waals surface area (Å²) in [4.78, 5) is 2.52. The number of rotatable bonds is 11. The predicted molar refractivity (Wildman–Crippen MR) is 198 cm³/mol. The van der Waals surface area contributed by atoms with Crippen molar-refractivity contribution in [1.82, 2.24) is 0 Å². The van der Waals surface area contributed by atoms with Crippen molar-refractivity contribution in [2.24, 2.45) is 0 Å². The summed E-state index contributed by atoms with van der Waals surface area (Å²) in [6, 6.07) is 11.7. The minimum atomic E-state index is -3.22. The Morgan fingerprint density at radius 2 is 1.11 bits per heavy atom. The average Bonchev–Trinajstić information content (AvgIpc) is 2.78. The van der Waals surface area contributed by atoms with Crippen LogP contribution in [0.25, 0.3) is 0 Å². The predicted octanol–water partition coefficient (Wildman–Crippen LogP) is 8.41. The molecule has 0 aliphatic rings. The monoisotopic (exact) mass is 682 g/mol. The van der Waals surface area contributed by atoms with Gasteiger partial charge in [0.05, 0.1) is 9.84 Å². The molecular formula is C38H59NaO3S3. The van der Waals surface area contributed by atoms with Gasteiger partial charge in [-0.2, -0.15) is 0 Å². The Labute approximate surface area is 308 Å². The van der Waals surface area contributed by atoms with Gasteiger partial charge in [-0.3, -0.25) is 4.21 Å². The molecule has 3 nitrogen and oxygen atoms in total. The third-order valence-corrected chi connectivity index (χ3v) is 10.8. The number of allylic oxidation sites excluding steroid dienone is 1. The molecule has 0 radical (unpaired) electrons. The van der Waals surface area contributed by atoms with Crippen LogP contribution in [0.5, 0.6) is 5.75 Å². The van der Waals surface area contributed by atoms with Gasteiger partial charge < -0.3 is 9.29 Å². The van der Waals surface area contributed by atoms with Gasteiger partial charge in [-0.05, 0) is 83.7 Å². The fraction of sp³-hybridized carbons (Fsp3) is 0.605. The van der Waals surface area contributed by atoms with E-state index in [1.165, 1.54) is 20.9 Å². The van der Waals surface area contributed by atoms with Gasteiger partial charge in [0.15, 0.2) is 0 Å². The zero-order valence-corrected chi connectivity index (χ0v) is 35.5. The number of hydrogen-bond acceptors (Lipinski definition) is 5. The Hall–Kier alpha value is -0.340. The van der Waals surface area contributed by atoms with Crippen LogP contribution in [0.1, 0.15) is 138 Å². The molecule has 0 fully saturated rings. The van der Waals surface area contributed by atoms with Crippen LogP contribution in [-0.2, 0) is 31.5 Å². The van der Waals surface area contributed by atoms with Crippen LogP contribution in [0.15, 0.2) is 52.5 Å². The molecule has 1 atom stereocenters. The van der Waals surface area contributed by atoms with Gasteiger partial charge in [0.25, 0.3) is 0 Å². The van der Waals surface area contributed by atoms with Gasteiger partial charge in [0.2, 0.25) is 0 Å². The standard InChI is InChI=1S/C38H60O3S3.Na/c1-26(19-17-18-20-44(16,39)40)41-33-31(36(8,9)10)24-30(25-32(33)37(11,12)13)43-38(14,15)42-29-22-27(34(2,3)4)21-28(23-29)35(5,6)7;/h21-25H,1,16-20H2,2-15H3,(H,39,40);/q;+1/p-1. The number of hydrogen-bond donors (Lipinski definition) is 0. The molecule has 0 aromatic heterocycles. The van der Waals surface area contributed by atoms with E-state index in [1.54, 1.807) is 0 Å². The SMILES string of the molecule is C=C(CCCCS(=C)(=O)[O-])Oc1c(C(C)(C)C)cc(SC(C)(C)Sc2cc(C(C)(C)C)cc(C(C)(C)C)c2)cc1C(C)(C)C.[Na+]. The van der Waals surface area contributed by atoms with Crippen molar-refractivity contribution >= 4 is 39.2 Å². The third kappa shape index (κ3) is 14.0. The summed E-state index contributed by atoms with van der Waals surface area (Å²) in [6.07, 6.45) is 1.84. The summed E-state index contributed by atoms with van der Waals surface area (Å²) in [5.41, 5.74) is 4.87. The van der Waals surface area contributed by atoms with E-state index in [-0.39, 0.29) is 61.0 Å². The van der Waals surface area contributed by atoms with Gasteiger partial charge in [0, 0.05) is 33.1 Å². The molecule has 2 aromatic rings. The van der Waals surface area contributed by atoms with E-state index in [2.05, 4.69) is 140 Å². The molecular weight excluding hydrogens is 624 g/mol. The van der Waals surface area contributed by atoms with Crippen molar-refractivity contribution in [1.29, 1.82) is 0 Å². The molecule has 0 N–H and O–H groups in total. The molecule has 0 saturated heterocycles. The first-order valence-electron chi connectivity index (χ1n) is 15.7. The molecule has 45 heavy (non-hydrogen) atoms. The van der Waals surface area contributed by atoms with E-state index < -0.39 is 9.80 Å². The fourth-order valence-corrected chi connectivity index (χ4v) is 8.09. The van der Waals surface area contributed by atoms with Crippen LogP contribution in [0.4, 0.5) is 0 Å². The Balaban J connectivity index is 0.0000101. The van der Waals surface area contributed by atoms with Gasteiger partial charge in [-0.25, -0.2) is 0 Å². The van der Waals surface area contributed by atoms with Crippen LogP contribution in [0, 0.1) is 0 Å². The molecule has 0 aliphatic carbocycles.